The van der Waals surface area contributed by atoms with Crippen LogP contribution in [0.25, 0.3) is 5.52 Å². The molecule has 5 heteroatoms. The van der Waals surface area contributed by atoms with Crippen molar-refractivity contribution in [3.05, 3.63) is 35.9 Å². The van der Waals surface area contributed by atoms with E-state index in [1.165, 1.54) is 25.1 Å². The average Bonchev–Trinajstić information content (AvgIpc) is 3.02. The molecule has 110 valence electrons. The summed E-state index contributed by atoms with van der Waals surface area (Å²) in [6, 6.07) is 2.30. The zero-order valence-corrected chi connectivity index (χ0v) is 12.2. The Labute approximate surface area is 124 Å². The Morgan fingerprint density at radius 1 is 1.43 bits per heavy atom. The molecule has 0 saturated carbocycles. The molecule has 0 spiro atoms. The average molecular weight is 284 g/mol. The maximum absolute atomic E-state index is 12.4. The summed E-state index contributed by atoms with van der Waals surface area (Å²) in [6.45, 7) is 5.42. The summed E-state index contributed by atoms with van der Waals surface area (Å²) in [5, 5.41) is 3.15. The van der Waals surface area contributed by atoms with Crippen molar-refractivity contribution in [3.63, 3.8) is 0 Å². The van der Waals surface area contributed by atoms with Gasteiger partial charge >= 0.3 is 0 Å². The molecule has 2 aromatic rings. The SMILES string of the molecule is Cc1ccn2cc(C(=O)N[C@@H]3C[C@@H]4CCN(C4)C3)ncc12. The van der Waals surface area contributed by atoms with Crippen molar-refractivity contribution >= 4 is 11.4 Å². The van der Waals surface area contributed by atoms with Crippen molar-refractivity contribution in [2.75, 3.05) is 19.6 Å². The van der Waals surface area contributed by atoms with Gasteiger partial charge in [-0.05, 0) is 43.9 Å². The first-order chi connectivity index (χ1) is 10.2. The highest BCUT2D eigenvalue weighted by Crippen LogP contribution is 2.26. The first-order valence-corrected chi connectivity index (χ1v) is 7.65. The third kappa shape index (κ3) is 2.31. The van der Waals surface area contributed by atoms with Gasteiger partial charge in [-0.25, -0.2) is 4.98 Å². The molecule has 0 aliphatic carbocycles. The summed E-state index contributed by atoms with van der Waals surface area (Å²) in [7, 11) is 0. The molecule has 2 fully saturated rings. The number of hydrogen-bond donors (Lipinski definition) is 1. The zero-order chi connectivity index (χ0) is 14.4. The van der Waals surface area contributed by atoms with E-state index in [4.69, 9.17) is 0 Å². The largest absolute Gasteiger partial charge is 0.347 e. The van der Waals surface area contributed by atoms with Gasteiger partial charge in [0.25, 0.3) is 5.91 Å². The molecule has 0 aromatic carbocycles. The van der Waals surface area contributed by atoms with Gasteiger partial charge in [0.15, 0.2) is 0 Å². The Hall–Kier alpha value is -1.88. The zero-order valence-electron chi connectivity index (χ0n) is 12.2. The first kappa shape index (κ1) is 12.8. The second kappa shape index (κ2) is 4.84. The molecule has 1 amide bonds. The maximum Gasteiger partial charge on any atom is 0.271 e. The van der Waals surface area contributed by atoms with E-state index in [1.807, 2.05) is 29.8 Å². The number of hydrogen-bond acceptors (Lipinski definition) is 3. The molecule has 0 radical (unpaired) electrons. The summed E-state index contributed by atoms with van der Waals surface area (Å²) >= 11 is 0. The van der Waals surface area contributed by atoms with Gasteiger partial charge in [0.1, 0.15) is 5.69 Å². The van der Waals surface area contributed by atoms with Gasteiger partial charge in [0, 0.05) is 31.5 Å². The lowest BCUT2D eigenvalue weighted by Crippen LogP contribution is -2.47. The number of aromatic nitrogens is 2. The van der Waals surface area contributed by atoms with Crippen LogP contribution in [0.2, 0.25) is 0 Å². The second-order valence-corrected chi connectivity index (χ2v) is 6.38. The highest BCUT2D eigenvalue weighted by molar-refractivity contribution is 5.92. The first-order valence-electron chi connectivity index (χ1n) is 7.65. The predicted octanol–water partition coefficient (Wildman–Crippen LogP) is 1.47. The van der Waals surface area contributed by atoms with Gasteiger partial charge in [-0.2, -0.15) is 0 Å². The van der Waals surface area contributed by atoms with Crippen molar-refractivity contribution in [1.82, 2.24) is 19.6 Å². The van der Waals surface area contributed by atoms with Crippen LogP contribution in [0.5, 0.6) is 0 Å². The molecule has 2 aliphatic heterocycles. The van der Waals surface area contributed by atoms with Gasteiger partial charge < -0.3 is 14.6 Å². The number of aryl methyl sites for hydroxylation is 1. The molecule has 3 atom stereocenters. The van der Waals surface area contributed by atoms with E-state index in [2.05, 4.69) is 15.2 Å². The third-order valence-electron chi connectivity index (χ3n) is 4.79. The molecule has 5 nitrogen and oxygen atoms in total. The highest BCUT2D eigenvalue weighted by Gasteiger charge is 2.33. The number of rotatable bonds is 2. The number of nitrogens with one attached hydrogen (secondary N) is 1. The van der Waals surface area contributed by atoms with Crippen molar-refractivity contribution in [1.29, 1.82) is 0 Å². The molecule has 21 heavy (non-hydrogen) atoms. The van der Waals surface area contributed by atoms with Crippen molar-refractivity contribution in [2.45, 2.75) is 25.8 Å². The summed E-state index contributed by atoms with van der Waals surface area (Å²) in [4.78, 5) is 19.2. The Morgan fingerprint density at radius 2 is 2.33 bits per heavy atom. The number of carbonyl (C=O) groups excluding carboxylic acids is 1. The lowest BCUT2D eigenvalue weighted by molar-refractivity contribution is 0.0904. The topological polar surface area (TPSA) is 49.6 Å². The molecule has 1 unspecified atom stereocenters. The molecule has 2 saturated heterocycles. The minimum Gasteiger partial charge on any atom is -0.347 e. The van der Waals surface area contributed by atoms with E-state index in [1.54, 1.807) is 6.20 Å². The lowest BCUT2D eigenvalue weighted by Gasteiger charge is -2.30. The minimum absolute atomic E-state index is 0.0595. The van der Waals surface area contributed by atoms with E-state index in [0.717, 1.165) is 24.4 Å². The van der Waals surface area contributed by atoms with Crippen LogP contribution in [0.1, 0.15) is 28.9 Å². The molecule has 4 heterocycles. The minimum atomic E-state index is -0.0595. The van der Waals surface area contributed by atoms with E-state index >= 15 is 0 Å². The van der Waals surface area contributed by atoms with Gasteiger partial charge in [-0.3, -0.25) is 4.79 Å². The summed E-state index contributed by atoms with van der Waals surface area (Å²) < 4.78 is 1.96. The third-order valence-corrected chi connectivity index (χ3v) is 4.79. The predicted molar refractivity (Wildman–Crippen MR) is 80.3 cm³/mol. The fourth-order valence-corrected chi connectivity index (χ4v) is 3.68. The Morgan fingerprint density at radius 3 is 3.19 bits per heavy atom. The van der Waals surface area contributed by atoms with E-state index < -0.39 is 0 Å². The van der Waals surface area contributed by atoms with E-state index in [9.17, 15) is 4.79 Å². The lowest BCUT2D eigenvalue weighted by atomic mass is 9.97. The van der Waals surface area contributed by atoms with Crippen LogP contribution in [-0.4, -0.2) is 45.9 Å². The Kier molecular flexibility index (Phi) is 2.96. The highest BCUT2D eigenvalue weighted by atomic mass is 16.2. The standard InChI is InChI=1S/C16H20N4O/c1-11-2-5-20-10-14(17-7-15(11)20)16(21)18-13-6-12-3-4-19(8-12)9-13/h2,5,7,10,12-13H,3-4,6,8-9H2,1H3,(H,18,21)/t12-,13+/m0/s1. The van der Waals surface area contributed by atoms with Crippen LogP contribution in [0.4, 0.5) is 0 Å². The van der Waals surface area contributed by atoms with Crippen molar-refractivity contribution < 1.29 is 4.79 Å². The van der Waals surface area contributed by atoms with Gasteiger partial charge in [0.2, 0.25) is 0 Å². The van der Waals surface area contributed by atoms with Gasteiger partial charge in [-0.1, -0.05) is 0 Å². The van der Waals surface area contributed by atoms with Crippen molar-refractivity contribution in [3.8, 4) is 0 Å². The summed E-state index contributed by atoms with van der Waals surface area (Å²) in [6.07, 6.45) is 7.94. The number of nitrogens with zero attached hydrogens (tertiary/aromatic N) is 3. The molecule has 2 bridgehead atoms. The summed E-state index contributed by atoms with van der Waals surface area (Å²) in [5.41, 5.74) is 2.71. The number of fused-ring (bicyclic) bond motifs is 3. The molecule has 1 N–H and O–H groups in total. The second-order valence-electron chi connectivity index (χ2n) is 6.38. The van der Waals surface area contributed by atoms with Crippen LogP contribution >= 0.6 is 0 Å². The normalized spacial score (nSPS) is 28.0. The number of amides is 1. The number of piperidine rings is 1. The molecule has 2 aromatic heterocycles. The number of carbonyl (C=O) groups is 1. The molecule has 2 aliphatic rings. The summed E-state index contributed by atoms with van der Waals surface area (Å²) in [5.74, 6) is 0.697. The van der Waals surface area contributed by atoms with E-state index in [0.29, 0.717) is 5.69 Å². The van der Waals surface area contributed by atoms with Crippen molar-refractivity contribution in [2.24, 2.45) is 5.92 Å². The Bertz CT molecular complexity index is 681. The quantitative estimate of drug-likeness (QED) is 0.908. The monoisotopic (exact) mass is 284 g/mol. The van der Waals surface area contributed by atoms with Crippen LogP contribution < -0.4 is 5.32 Å². The fraction of sp³-hybridized carbons (Fsp3) is 0.500. The molecule has 4 rings (SSSR count). The molecular weight excluding hydrogens is 264 g/mol. The molecular formula is C16H20N4O. The van der Waals surface area contributed by atoms with Crippen LogP contribution in [0.3, 0.4) is 0 Å². The smallest absolute Gasteiger partial charge is 0.271 e. The van der Waals surface area contributed by atoms with Gasteiger partial charge in [-0.15, -0.1) is 0 Å². The fourth-order valence-electron chi connectivity index (χ4n) is 3.68. The van der Waals surface area contributed by atoms with E-state index in [-0.39, 0.29) is 11.9 Å². The van der Waals surface area contributed by atoms with Gasteiger partial charge in [0.05, 0.1) is 11.7 Å². The maximum atomic E-state index is 12.4. The van der Waals surface area contributed by atoms with Crippen LogP contribution in [-0.2, 0) is 0 Å². The van der Waals surface area contributed by atoms with Crippen LogP contribution in [0.15, 0.2) is 24.7 Å². The van der Waals surface area contributed by atoms with Crippen LogP contribution in [0, 0.1) is 12.8 Å². The Balaban J connectivity index is 1.50.